The van der Waals surface area contributed by atoms with Gasteiger partial charge in [0.1, 0.15) is 5.82 Å². The quantitative estimate of drug-likeness (QED) is 0.607. The van der Waals surface area contributed by atoms with Gasteiger partial charge < -0.3 is 5.32 Å². The fourth-order valence-corrected chi connectivity index (χ4v) is 2.59. The maximum atomic E-state index is 13.1. The van der Waals surface area contributed by atoms with E-state index in [-0.39, 0.29) is 5.82 Å². The number of nitrogens with zero attached hydrogens (tertiary/aromatic N) is 3. The number of rotatable bonds is 2. The summed E-state index contributed by atoms with van der Waals surface area (Å²) in [4.78, 5) is 4.65. The largest absolute Gasteiger partial charge is 0.354 e. The van der Waals surface area contributed by atoms with Crippen molar-refractivity contribution in [1.82, 2.24) is 14.8 Å². The number of benzene rings is 2. The molecule has 0 amide bonds. The van der Waals surface area contributed by atoms with Gasteiger partial charge in [-0.2, -0.15) is 5.10 Å². The Morgan fingerprint density at radius 1 is 1.00 bits per heavy atom. The average molecular weight is 292 g/mol. The number of aromatic nitrogens is 3. The number of halogens is 1. The first-order valence-electron chi connectivity index (χ1n) is 6.95. The van der Waals surface area contributed by atoms with Gasteiger partial charge in [-0.05, 0) is 30.3 Å². The maximum Gasteiger partial charge on any atom is 0.160 e. The molecule has 0 spiro atoms. The second-order valence-electron chi connectivity index (χ2n) is 5.14. The Morgan fingerprint density at radius 2 is 1.77 bits per heavy atom. The van der Waals surface area contributed by atoms with Gasteiger partial charge in [-0.1, -0.05) is 18.2 Å². The number of aryl methyl sites for hydroxylation is 1. The van der Waals surface area contributed by atoms with Crippen LogP contribution in [-0.4, -0.2) is 14.8 Å². The Balaban J connectivity index is 1.97. The van der Waals surface area contributed by atoms with Crippen LogP contribution in [0.1, 0.15) is 0 Å². The van der Waals surface area contributed by atoms with Crippen molar-refractivity contribution in [2.75, 3.05) is 5.32 Å². The fourth-order valence-electron chi connectivity index (χ4n) is 2.59. The van der Waals surface area contributed by atoms with Gasteiger partial charge in [-0.15, -0.1) is 0 Å². The molecule has 2 heterocycles. The van der Waals surface area contributed by atoms with Gasteiger partial charge in [0.25, 0.3) is 0 Å². The Morgan fingerprint density at radius 3 is 2.59 bits per heavy atom. The Hall–Kier alpha value is -2.95. The number of anilines is 2. The fraction of sp³-hybridized carbons (Fsp3) is 0.0588. The van der Waals surface area contributed by atoms with Crippen LogP contribution in [0.25, 0.3) is 21.9 Å². The third kappa shape index (κ3) is 1.98. The second kappa shape index (κ2) is 4.80. The molecule has 1 N–H and O–H groups in total. The number of nitrogens with one attached hydrogen (secondary N) is 1. The van der Waals surface area contributed by atoms with Crippen LogP contribution in [0.5, 0.6) is 0 Å². The molecule has 0 aliphatic rings. The van der Waals surface area contributed by atoms with Crippen LogP contribution in [0.2, 0.25) is 0 Å². The van der Waals surface area contributed by atoms with Gasteiger partial charge in [0, 0.05) is 18.1 Å². The molecule has 0 aliphatic heterocycles. The molecule has 0 aliphatic carbocycles. The second-order valence-corrected chi connectivity index (χ2v) is 5.14. The topological polar surface area (TPSA) is 42.7 Å². The molecular weight excluding hydrogens is 279 g/mol. The lowest BCUT2D eigenvalue weighted by Crippen LogP contribution is -1.96. The van der Waals surface area contributed by atoms with Gasteiger partial charge in [0.2, 0.25) is 0 Å². The van der Waals surface area contributed by atoms with Crippen LogP contribution in [0.4, 0.5) is 15.8 Å². The number of pyridine rings is 1. The summed E-state index contributed by atoms with van der Waals surface area (Å²) in [7, 11) is 1.87. The molecule has 108 valence electrons. The maximum absolute atomic E-state index is 13.1. The molecular formula is C17H13FN4. The first kappa shape index (κ1) is 12.8. The molecule has 0 atom stereocenters. The molecule has 0 radical (unpaired) electrons. The van der Waals surface area contributed by atoms with E-state index in [0.717, 1.165) is 33.3 Å². The molecule has 0 unspecified atom stereocenters. The highest BCUT2D eigenvalue weighted by Gasteiger charge is 2.12. The van der Waals surface area contributed by atoms with E-state index in [1.807, 2.05) is 31.3 Å². The monoisotopic (exact) mass is 292 g/mol. The standard InChI is InChI=1S/C17H13FN4/c1-22-17-14(10-19-22)16(13-4-2-3-5-15(13)21-17)20-12-8-6-11(18)7-9-12/h2-10H,1H3,(H,20,21). The lowest BCUT2D eigenvalue weighted by molar-refractivity contribution is 0.628. The number of fused-ring (bicyclic) bond motifs is 2. The molecule has 0 bridgehead atoms. The lowest BCUT2D eigenvalue weighted by atomic mass is 10.1. The van der Waals surface area contributed by atoms with E-state index in [1.54, 1.807) is 23.0 Å². The van der Waals surface area contributed by atoms with Crippen molar-refractivity contribution in [3.8, 4) is 0 Å². The molecule has 5 heteroatoms. The molecule has 2 aromatic carbocycles. The normalized spacial score (nSPS) is 11.2. The molecule has 22 heavy (non-hydrogen) atoms. The number of para-hydroxylation sites is 1. The summed E-state index contributed by atoms with van der Waals surface area (Å²) in [6.07, 6.45) is 1.79. The molecule has 4 aromatic rings. The summed E-state index contributed by atoms with van der Waals surface area (Å²) in [5, 5.41) is 9.60. The zero-order valence-electron chi connectivity index (χ0n) is 11.9. The summed E-state index contributed by atoms with van der Waals surface area (Å²) in [6.45, 7) is 0. The predicted octanol–water partition coefficient (Wildman–Crippen LogP) is 4.00. The molecule has 0 saturated heterocycles. The zero-order valence-corrected chi connectivity index (χ0v) is 11.9. The van der Waals surface area contributed by atoms with E-state index in [9.17, 15) is 4.39 Å². The van der Waals surface area contributed by atoms with Crippen LogP contribution in [0.15, 0.2) is 54.7 Å². The highest BCUT2D eigenvalue weighted by Crippen LogP contribution is 2.32. The van der Waals surface area contributed by atoms with Crippen molar-refractivity contribution >= 4 is 33.3 Å². The van der Waals surface area contributed by atoms with E-state index in [1.165, 1.54) is 12.1 Å². The van der Waals surface area contributed by atoms with Gasteiger partial charge in [-0.3, -0.25) is 4.68 Å². The minimum absolute atomic E-state index is 0.253. The summed E-state index contributed by atoms with van der Waals surface area (Å²) in [5.74, 6) is -0.253. The highest BCUT2D eigenvalue weighted by molar-refractivity contribution is 6.07. The highest BCUT2D eigenvalue weighted by atomic mass is 19.1. The smallest absolute Gasteiger partial charge is 0.160 e. The average Bonchev–Trinajstić information content (AvgIpc) is 2.90. The minimum Gasteiger partial charge on any atom is -0.354 e. The molecule has 2 aromatic heterocycles. The van der Waals surface area contributed by atoms with Gasteiger partial charge >= 0.3 is 0 Å². The first-order chi connectivity index (χ1) is 10.7. The van der Waals surface area contributed by atoms with E-state index in [2.05, 4.69) is 15.4 Å². The Kier molecular flexibility index (Phi) is 2.79. The van der Waals surface area contributed by atoms with Crippen molar-refractivity contribution in [1.29, 1.82) is 0 Å². The Labute approximate surface area is 126 Å². The van der Waals surface area contributed by atoms with Gasteiger partial charge in [0.05, 0.1) is 22.8 Å². The molecule has 0 fully saturated rings. The SMILES string of the molecule is Cn1ncc2c(Nc3ccc(F)cc3)c3ccccc3nc21. The van der Waals surface area contributed by atoms with Crippen LogP contribution < -0.4 is 5.32 Å². The van der Waals surface area contributed by atoms with Crippen LogP contribution in [0.3, 0.4) is 0 Å². The molecule has 0 saturated carbocycles. The minimum atomic E-state index is -0.253. The Bertz CT molecular complexity index is 973. The van der Waals surface area contributed by atoms with Crippen molar-refractivity contribution < 1.29 is 4.39 Å². The molecule has 4 rings (SSSR count). The van der Waals surface area contributed by atoms with Crippen molar-refractivity contribution in [3.05, 3.63) is 60.5 Å². The van der Waals surface area contributed by atoms with Gasteiger partial charge in [0.15, 0.2) is 5.65 Å². The van der Waals surface area contributed by atoms with Crippen LogP contribution in [-0.2, 0) is 7.05 Å². The van der Waals surface area contributed by atoms with Crippen LogP contribution >= 0.6 is 0 Å². The summed E-state index contributed by atoms with van der Waals surface area (Å²) < 4.78 is 14.8. The predicted molar refractivity (Wildman–Crippen MR) is 85.7 cm³/mol. The number of hydrogen-bond acceptors (Lipinski definition) is 3. The third-order valence-electron chi connectivity index (χ3n) is 3.69. The van der Waals surface area contributed by atoms with Gasteiger partial charge in [-0.25, -0.2) is 9.37 Å². The van der Waals surface area contributed by atoms with E-state index in [0.29, 0.717) is 0 Å². The van der Waals surface area contributed by atoms with E-state index < -0.39 is 0 Å². The third-order valence-corrected chi connectivity index (χ3v) is 3.69. The van der Waals surface area contributed by atoms with Crippen LogP contribution in [0, 0.1) is 5.82 Å². The zero-order chi connectivity index (χ0) is 15.1. The van der Waals surface area contributed by atoms with Crippen molar-refractivity contribution in [2.45, 2.75) is 0 Å². The number of hydrogen-bond donors (Lipinski definition) is 1. The summed E-state index contributed by atoms with van der Waals surface area (Å²) >= 11 is 0. The molecule has 4 nitrogen and oxygen atoms in total. The summed E-state index contributed by atoms with van der Waals surface area (Å²) in [5.41, 5.74) is 3.45. The van der Waals surface area contributed by atoms with E-state index >= 15 is 0 Å². The summed E-state index contributed by atoms with van der Waals surface area (Å²) in [6, 6.07) is 14.2. The van der Waals surface area contributed by atoms with E-state index in [4.69, 9.17) is 0 Å². The van der Waals surface area contributed by atoms with Crippen molar-refractivity contribution in [3.63, 3.8) is 0 Å². The lowest BCUT2D eigenvalue weighted by Gasteiger charge is -2.11. The first-order valence-corrected chi connectivity index (χ1v) is 6.95. The van der Waals surface area contributed by atoms with Crippen molar-refractivity contribution in [2.24, 2.45) is 7.05 Å².